The molecule has 1 aliphatic heterocycles. The molecular formula is C22H26Cl2N2O4S. The Morgan fingerprint density at radius 3 is 2.32 bits per heavy atom. The largest absolute Gasteiger partial charge is 0.494 e. The van der Waals surface area contributed by atoms with Crippen molar-refractivity contribution in [3.8, 4) is 5.75 Å². The maximum absolute atomic E-state index is 12.9. The smallest absolute Gasteiger partial charge is 0.243 e. The summed E-state index contributed by atoms with van der Waals surface area (Å²) in [6.45, 7) is 3.44. The van der Waals surface area contributed by atoms with E-state index in [1.54, 1.807) is 48.3 Å². The fourth-order valence-corrected chi connectivity index (χ4v) is 5.46. The number of sulfonamides is 1. The number of halogens is 2. The molecule has 3 rings (SSSR count). The van der Waals surface area contributed by atoms with Gasteiger partial charge in [0.1, 0.15) is 5.75 Å². The van der Waals surface area contributed by atoms with Crippen molar-refractivity contribution in [1.29, 1.82) is 0 Å². The van der Waals surface area contributed by atoms with Gasteiger partial charge in [0, 0.05) is 32.6 Å². The van der Waals surface area contributed by atoms with Crippen LogP contribution in [0.15, 0.2) is 47.4 Å². The average Bonchev–Trinajstić information content (AvgIpc) is 2.76. The quantitative estimate of drug-likeness (QED) is 0.581. The lowest BCUT2D eigenvalue weighted by atomic mass is 9.96. The molecule has 0 aromatic heterocycles. The zero-order valence-electron chi connectivity index (χ0n) is 17.6. The van der Waals surface area contributed by atoms with Gasteiger partial charge in [0.2, 0.25) is 15.9 Å². The van der Waals surface area contributed by atoms with E-state index in [1.165, 1.54) is 4.31 Å². The lowest BCUT2D eigenvalue weighted by Gasteiger charge is -2.32. The Hall–Kier alpha value is -1.80. The summed E-state index contributed by atoms with van der Waals surface area (Å²) in [5.74, 6) is 0.430. The molecule has 1 amide bonds. The van der Waals surface area contributed by atoms with E-state index in [2.05, 4.69) is 0 Å². The van der Waals surface area contributed by atoms with Gasteiger partial charge in [-0.2, -0.15) is 4.31 Å². The number of piperidine rings is 1. The van der Waals surface area contributed by atoms with Gasteiger partial charge < -0.3 is 9.64 Å². The minimum Gasteiger partial charge on any atom is -0.494 e. The molecule has 1 saturated heterocycles. The van der Waals surface area contributed by atoms with Crippen LogP contribution < -0.4 is 4.74 Å². The summed E-state index contributed by atoms with van der Waals surface area (Å²) >= 11 is 12.0. The molecule has 2 aromatic rings. The second kappa shape index (κ2) is 10.2. The summed E-state index contributed by atoms with van der Waals surface area (Å²) in [6, 6.07) is 11.7. The van der Waals surface area contributed by atoms with Crippen LogP contribution in [0.25, 0.3) is 0 Å². The highest BCUT2D eigenvalue weighted by atomic mass is 35.5. The zero-order chi connectivity index (χ0) is 22.6. The molecule has 0 atom stereocenters. The Morgan fingerprint density at radius 1 is 1.10 bits per heavy atom. The zero-order valence-corrected chi connectivity index (χ0v) is 19.9. The Kier molecular flexibility index (Phi) is 7.86. The number of carbonyl (C=O) groups is 1. The molecular weight excluding hydrogens is 459 g/mol. The summed E-state index contributed by atoms with van der Waals surface area (Å²) in [4.78, 5) is 14.8. The standard InChI is InChI=1S/C22H26Cl2N2O4S/c1-3-30-18-5-7-19(8-6-18)31(28,29)26-12-10-17(11-13-26)22(27)25(2)15-16-4-9-20(23)21(24)14-16/h4-9,14,17H,3,10-13,15H2,1-2H3. The molecule has 0 spiro atoms. The fourth-order valence-electron chi connectivity index (χ4n) is 3.67. The summed E-state index contributed by atoms with van der Waals surface area (Å²) in [6.07, 6.45) is 0.974. The van der Waals surface area contributed by atoms with Gasteiger partial charge in [0.15, 0.2) is 0 Å². The van der Waals surface area contributed by atoms with E-state index in [4.69, 9.17) is 27.9 Å². The second-order valence-corrected chi connectivity index (χ2v) is 10.3. The molecule has 0 bridgehead atoms. The summed E-state index contributed by atoms with van der Waals surface area (Å²) in [7, 11) is -1.85. The van der Waals surface area contributed by atoms with Crippen LogP contribution in [0.2, 0.25) is 10.0 Å². The van der Waals surface area contributed by atoms with Crippen molar-refractivity contribution in [2.75, 3.05) is 26.7 Å². The Labute approximate surface area is 193 Å². The van der Waals surface area contributed by atoms with E-state index >= 15 is 0 Å². The predicted molar refractivity (Wildman–Crippen MR) is 122 cm³/mol. The van der Waals surface area contributed by atoms with Gasteiger partial charge in [-0.1, -0.05) is 29.3 Å². The molecule has 1 heterocycles. The van der Waals surface area contributed by atoms with E-state index < -0.39 is 10.0 Å². The van der Waals surface area contributed by atoms with E-state index in [0.717, 1.165) is 5.56 Å². The van der Waals surface area contributed by atoms with Gasteiger partial charge in [0.25, 0.3) is 0 Å². The molecule has 31 heavy (non-hydrogen) atoms. The number of ether oxygens (including phenoxy) is 1. The predicted octanol–water partition coefficient (Wildman–Crippen LogP) is 4.45. The van der Waals surface area contributed by atoms with Gasteiger partial charge in [-0.15, -0.1) is 0 Å². The van der Waals surface area contributed by atoms with E-state index in [-0.39, 0.29) is 16.7 Å². The third-order valence-corrected chi connectivity index (χ3v) is 8.01. The Morgan fingerprint density at radius 2 is 1.74 bits per heavy atom. The Bertz CT molecular complexity index is 1020. The molecule has 9 heteroatoms. The molecule has 1 aliphatic rings. The first-order valence-corrected chi connectivity index (χ1v) is 12.3. The van der Waals surface area contributed by atoms with Crippen molar-refractivity contribution in [3.63, 3.8) is 0 Å². The van der Waals surface area contributed by atoms with Gasteiger partial charge >= 0.3 is 0 Å². The molecule has 0 saturated carbocycles. The van der Waals surface area contributed by atoms with Crippen molar-refractivity contribution >= 4 is 39.1 Å². The normalized spacial score (nSPS) is 15.6. The van der Waals surface area contributed by atoms with E-state index in [0.29, 0.717) is 54.9 Å². The number of amides is 1. The van der Waals surface area contributed by atoms with Crippen LogP contribution in [-0.2, 0) is 21.4 Å². The summed E-state index contributed by atoms with van der Waals surface area (Å²) in [5, 5.41) is 0.924. The molecule has 0 unspecified atom stereocenters. The van der Waals surface area contributed by atoms with Crippen LogP contribution in [0.4, 0.5) is 0 Å². The molecule has 0 N–H and O–H groups in total. The summed E-state index contributed by atoms with van der Waals surface area (Å²) in [5.41, 5.74) is 0.890. The molecule has 168 valence electrons. The van der Waals surface area contributed by atoms with Crippen molar-refractivity contribution in [3.05, 3.63) is 58.1 Å². The van der Waals surface area contributed by atoms with Crippen molar-refractivity contribution in [1.82, 2.24) is 9.21 Å². The number of benzene rings is 2. The number of rotatable bonds is 7. The van der Waals surface area contributed by atoms with Gasteiger partial charge in [-0.05, 0) is 61.7 Å². The van der Waals surface area contributed by atoms with Crippen LogP contribution in [0.3, 0.4) is 0 Å². The van der Waals surface area contributed by atoms with E-state index in [9.17, 15) is 13.2 Å². The SMILES string of the molecule is CCOc1ccc(S(=O)(=O)N2CCC(C(=O)N(C)Cc3ccc(Cl)c(Cl)c3)CC2)cc1. The highest BCUT2D eigenvalue weighted by Crippen LogP contribution is 2.27. The summed E-state index contributed by atoms with van der Waals surface area (Å²) < 4.78 is 32.7. The maximum Gasteiger partial charge on any atom is 0.243 e. The number of nitrogens with zero attached hydrogens (tertiary/aromatic N) is 2. The first-order valence-electron chi connectivity index (χ1n) is 10.1. The fraction of sp³-hybridized carbons (Fsp3) is 0.409. The highest BCUT2D eigenvalue weighted by molar-refractivity contribution is 7.89. The highest BCUT2D eigenvalue weighted by Gasteiger charge is 2.33. The van der Waals surface area contributed by atoms with Crippen molar-refractivity contribution in [2.24, 2.45) is 5.92 Å². The lowest BCUT2D eigenvalue weighted by Crippen LogP contribution is -2.43. The molecule has 6 nitrogen and oxygen atoms in total. The monoisotopic (exact) mass is 484 g/mol. The minimum atomic E-state index is -3.59. The van der Waals surface area contributed by atoms with E-state index in [1.807, 2.05) is 13.0 Å². The first-order chi connectivity index (χ1) is 14.7. The third kappa shape index (κ3) is 5.71. The third-order valence-electron chi connectivity index (χ3n) is 5.36. The average molecular weight is 485 g/mol. The topological polar surface area (TPSA) is 66.9 Å². The minimum absolute atomic E-state index is 0.00388. The van der Waals surface area contributed by atoms with Gasteiger partial charge in [0.05, 0.1) is 21.5 Å². The van der Waals surface area contributed by atoms with Crippen LogP contribution in [0, 0.1) is 5.92 Å². The van der Waals surface area contributed by atoms with Crippen LogP contribution >= 0.6 is 23.2 Å². The number of hydrogen-bond acceptors (Lipinski definition) is 4. The maximum atomic E-state index is 12.9. The van der Waals surface area contributed by atoms with Crippen molar-refractivity contribution in [2.45, 2.75) is 31.2 Å². The second-order valence-electron chi connectivity index (χ2n) is 7.53. The number of hydrogen-bond donors (Lipinski definition) is 0. The van der Waals surface area contributed by atoms with Crippen LogP contribution in [0.1, 0.15) is 25.3 Å². The van der Waals surface area contributed by atoms with Gasteiger partial charge in [-0.3, -0.25) is 4.79 Å². The van der Waals surface area contributed by atoms with Crippen molar-refractivity contribution < 1.29 is 17.9 Å². The Balaban J connectivity index is 1.58. The molecule has 1 fully saturated rings. The number of carbonyl (C=O) groups excluding carboxylic acids is 1. The molecule has 2 aromatic carbocycles. The lowest BCUT2D eigenvalue weighted by molar-refractivity contribution is -0.135. The van der Waals surface area contributed by atoms with Crippen LogP contribution in [0.5, 0.6) is 5.75 Å². The molecule has 0 aliphatic carbocycles. The molecule has 0 radical (unpaired) electrons. The van der Waals surface area contributed by atoms with Gasteiger partial charge in [-0.25, -0.2) is 8.42 Å². The first kappa shape index (κ1) is 23.9. The van der Waals surface area contributed by atoms with Crippen LogP contribution in [-0.4, -0.2) is 50.3 Å².